The van der Waals surface area contributed by atoms with Gasteiger partial charge in [0, 0.05) is 0 Å². The molecule has 0 spiro atoms. The van der Waals surface area contributed by atoms with E-state index in [9.17, 15) is 0 Å². The monoisotopic (exact) mass is 282 g/mol. The molecule has 0 aromatic carbocycles. The van der Waals surface area contributed by atoms with E-state index in [4.69, 9.17) is 0 Å². The van der Waals surface area contributed by atoms with Gasteiger partial charge >= 0.3 is 64.1 Å². The molecule has 0 N–H and O–H groups in total. The summed E-state index contributed by atoms with van der Waals surface area (Å²) in [5.74, 6) is 0. The number of hydrogen-bond donors (Lipinski definition) is 4. The van der Waals surface area contributed by atoms with Crippen LogP contribution in [0.1, 0.15) is 0 Å². The van der Waals surface area contributed by atoms with Crippen LogP contribution >= 0.6 is 43.6 Å². The van der Waals surface area contributed by atoms with Crippen LogP contribution < -0.4 is 0 Å². The maximum atomic E-state index is 4.11. The predicted molar refractivity (Wildman–Crippen MR) is 47.5 cm³/mol. The van der Waals surface area contributed by atoms with Gasteiger partial charge in [0.05, 0.1) is 0 Å². The second kappa shape index (κ2) is 4.40. The first-order valence-electron chi connectivity index (χ1n) is 1.000. The van der Waals surface area contributed by atoms with Crippen molar-refractivity contribution < 1.29 is 0 Å². The summed E-state index contributed by atoms with van der Waals surface area (Å²) >= 11 is 0. The molecule has 0 atom stereocenters. The Morgan fingerprint density at radius 3 is 0.833 bits per heavy atom. The van der Waals surface area contributed by atoms with Gasteiger partial charge in [-0.2, -0.15) is 0 Å². The molecule has 6 heavy (non-hydrogen) atoms. The van der Waals surface area contributed by atoms with E-state index in [-0.39, 0.29) is 0 Å². The number of rotatable bonds is 1. The average molecular weight is 282 g/mol. The van der Waals surface area contributed by atoms with Gasteiger partial charge < -0.3 is 0 Å². The first kappa shape index (κ1) is 8.52. The minimum atomic E-state index is -1.04. The van der Waals surface area contributed by atoms with E-state index in [1.807, 2.05) is 0 Å². The summed E-state index contributed by atoms with van der Waals surface area (Å²) in [4.78, 5) is 0. The Bertz CT molecular complexity index is 26.5. The van der Waals surface area contributed by atoms with E-state index in [1.165, 1.54) is 0 Å². The maximum absolute atomic E-state index is 4.11. The summed E-state index contributed by atoms with van der Waals surface area (Å²) in [6.07, 6.45) is 0. The van der Waals surface area contributed by atoms with Crippen LogP contribution in [0.2, 0.25) is 0 Å². The van der Waals surface area contributed by atoms with Crippen molar-refractivity contribution >= 4 is 64.1 Å². The first-order chi connectivity index (χ1) is 2.64. The van der Waals surface area contributed by atoms with Gasteiger partial charge in [-0.25, -0.2) is 0 Å². The van der Waals surface area contributed by atoms with Crippen molar-refractivity contribution in [3.8, 4) is 0 Å². The van der Waals surface area contributed by atoms with Crippen molar-refractivity contribution in [3.05, 3.63) is 0 Å². The Balaban J connectivity index is 2.99. The Morgan fingerprint density at radius 2 is 0.833 bits per heavy atom. The third kappa shape index (κ3) is 4.67. The molecule has 0 aliphatic rings. The van der Waals surface area contributed by atoms with Crippen LogP contribution in [-0.4, -0.2) is 20.5 Å². The van der Waals surface area contributed by atoms with Crippen molar-refractivity contribution in [1.82, 2.24) is 0 Å². The molecule has 0 saturated heterocycles. The molecule has 0 fully saturated rings. The predicted octanol–water partition coefficient (Wildman–Crippen LogP) is 0.760. The van der Waals surface area contributed by atoms with Crippen molar-refractivity contribution in [1.29, 1.82) is 0 Å². The van der Waals surface area contributed by atoms with Crippen molar-refractivity contribution in [3.63, 3.8) is 0 Å². The molecule has 0 rings (SSSR count). The molecule has 0 heterocycles. The molecule has 0 radical (unpaired) electrons. The number of thiol groups is 4. The fraction of sp³-hybridized carbons (Fsp3) is 0. The summed E-state index contributed by atoms with van der Waals surface area (Å²) in [5, 5.41) is 0. The summed E-state index contributed by atoms with van der Waals surface area (Å²) in [7, 11) is 14.4. The van der Waals surface area contributed by atoms with Crippen LogP contribution in [0.3, 0.4) is 0 Å². The fourth-order valence-corrected chi connectivity index (χ4v) is 0. The van der Waals surface area contributed by atoms with E-state index < -0.39 is 20.5 Å². The summed E-state index contributed by atoms with van der Waals surface area (Å²) in [5.41, 5.74) is 0. The van der Waals surface area contributed by atoms with Gasteiger partial charge in [0.15, 0.2) is 0 Å². The summed E-state index contributed by atoms with van der Waals surface area (Å²) < 4.78 is 0. The third-order valence-electron chi connectivity index (χ3n) is 0.160. The van der Waals surface area contributed by atoms with Gasteiger partial charge in [0.25, 0.3) is 0 Å². The molecule has 0 saturated carbocycles. The van der Waals surface area contributed by atoms with Crippen LogP contribution in [0, 0.1) is 0 Å². The van der Waals surface area contributed by atoms with Gasteiger partial charge in [-0.3, -0.25) is 0 Å². The van der Waals surface area contributed by atoms with Crippen molar-refractivity contribution in [2.24, 2.45) is 0 Å². The van der Waals surface area contributed by atoms with E-state index in [0.717, 1.165) is 0 Å². The van der Waals surface area contributed by atoms with Gasteiger partial charge in [0.1, 0.15) is 0 Å². The van der Waals surface area contributed by atoms with E-state index in [1.54, 1.807) is 0 Å². The first-order valence-corrected chi connectivity index (χ1v) is 17.9. The van der Waals surface area contributed by atoms with Crippen molar-refractivity contribution in [2.75, 3.05) is 0 Å². The molecular formula is H4As2S4. The summed E-state index contributed by atoms with van der Waals surface area (Å²) in [6, 6.07) is 0. The molecule has 0 unspecified atom stereocenters. The van der Waals surface area contributed by atoms with E-state index in [0.29, 0.717) is 0 Å². The molecule has 0 amide bonds. The summed E-state index contributed by atoms with van der Waals surface area (Å²) in [6.45, 7) is 0. The quantitative estimate of drug-likeness (QED) is 0.396. The topological polar surface area (TPSA) is 0 Å². The fourth-order valence-electron chi connectivity index (χ4n) is 0. The van der Waals surface area contributed by atoms with Gasteiger partial charge in [-0.1, -0.05) is 0 Å². The molecule has 0 aromatic heterocycles. The zero-order chi connectivity index (χ0) is 5.15. The molecule has 38 valence electrons. The van der Waals surface area contributed by atoms with Crippen LogP contribution in [0.25, 0.3) is 0 Å². The molecule has 0 aliphatic carbocycles. The molecule has 6 heteroatoms. The van der Waals surface area contributed by atoms with Crippen molar-refractivity contribution in [2.45, 2.75) is 0 Å². The van der Waals surface area contributed by atoms with Crippen LogP contribution in [-0.2, 0) is 0 Å². The van der Waals surface area contributed by atoms with E-state index in [2.05, 4.69) is 43.6 Å². The zero-order valence-corrected chi connectivity index (χ0v) is 10.0. The molecular weight excluding hydrogens is 278 g/mol. The molecule has 0 aliphatic heterocycles. The Labute approximate surface area is 63.2 Å². The normalized spacial score (nSPS) is 11.0. The van der Waals surface area contributed by atoms with E-state index >= 15 is 0 Å². The molecule has 0 bridgehead atoms. The number of hydrogen-bond acceptors (Lipinski definition) is 4. The van der Waals surface area contributed by atoms with Gasteiger partial charge in [-0.15, -0.1) is 0 Å². The Kier molecular flexibility index (Phi) is 6.25. The van der Waals surface area contributed by atoms with Crippen LogP contribution in [0.15, 0.2) is 0 Å². The van der Waals surface area contributed by atoms with Crippen LogP contribution in [0.4, 0.5) is 0 Å². The Morgan fingerprint density at radius 1 is 0.667 bits per heavy atom. The van der Waals surface area contributed by atoms with Gasteiger partial charge in [-0.05, 0) is 0 Å². The average Bonchev–Trinajstić information content (AvgIpc) is 1.36. The van der Waals surface area contributed by atoms with Gasteiger partial charge in [0.2, 0.25) is 0 Å². The third-order valence-corrected chi connectivity index (χ3v) is 38.9. The SMILES string of the molecule is S[As](S)[As](S)S. The zero-order valence-electron chi connectivity index (χ0n) is 2.68. The Hall–Kier alpha value is 2.52. The van der Waals surface area contributed by atoms with Crippen LogP contribution in [0.5, 0.6) is 0 Å². The standard InChI is InChI=1S/As2H4S4/c3-1(4)2(5)6/h3-6H. The second-order valence-electron chi connectivity index (χ2n) is 0.537. The minimum absolute atomic E-state index is 1.04. The molecule has 0 aromatic rings. The second-order valence-corrected chi connectivity index (χ2v) is 37.3. The molecule has 0 nitrogen and oxygen atoms in total.